The molecule has 2 aromatic carbocycles. The van der Waals surface area contributed by atoms with Gasteiger partial charge in [-0.15, -0.1) is 0 Å². The molecule has 0 aliphatic heterocycles. The summed E-state index contributed by atoms with van der Waals surface area (Å²) >= 11 is 9.44. The molecule has 18 heavy (non-hydrogen) atoms. The van der Waals surface area contributed by atoms with Gasteiger partial charge >= 0.3 is 0 Å². The lowest BCUT2D eigenvalue weighted by atomic mass is 10.1. The maximum absolute atomic E-state index is 12.5. The van der Waals surface area contributed by atoms with E-state index in [4.69, 9.17) is 11.6 Å². The maximum Gasteiger partial charge on any atom is 0.198 e. The number of halogens is 2. The Morgan fingerprint density at radius 2 is 1.94 bits per heavy atom. The Morgan fingerprint density at radius 1 is 1.17 bits per heavy atom. The molecule has 0 aliphatic carbocycles. The standard InChI is InChI=1S/C14H9BrClNO/c1-17-11-4-2-3-10(15)13(11)14(18)9-6-5-8(16)7-12(9)17/h2-7H,1H3. The number of benzene rings is 2. The lowest BCUT2D eigenvalue weighted by molar-refractivity contribution is 1.00. The Bertz CT molecular complexity index is 835. The predicted molar refractivity (Wildman–Crippen MR) is 79.4 cm³/mol. The predicted octanol–water partition coefficient (Wildman–Crippen LogP) is 4.11. The van der Waals surface area contributed by atoms with Gasteiger partial charge in [0.25, 0.3) is 0 Å². The fourth-order valence-corrected chi connectivity index (χ4v) is 2.96. The molecule has 0 saturated heterocycles. The summed E-state index contributed by atoms with van der Waals surface area (Å²) in [4.78, 5) is 12.5. The van der Waals surface area contributed by atoms with E-state index in [1.807, 2.05) is 35.9 Å². The summed E-state index contributed by atoms with van der Waals surface area (Å²) in [5.74, 6) is 0. The van der Waals surface area contributed by atoms with Gasteiger partial charge in [0.1, 0.15) is 0 Å². The Labute approximate surface area is 117 Å². The van der Waals surface area contributed by atoms with E-state index in [9.17, 15) is 4.79 Å². The maximum atomic E-state index is 12.5. The zero-order valence-electron chi connectivity index (χ0n) is 9.58. The quantitative estimate of drug-likeness (QED) is 0.571. The van der Waals surface area contributed by atoms with Gasteiger partial charge in [0, 0.05) is 21.9 Å². The molecule has 0 saturated carbocycles. The highest BCUT2D eigenvalue weighted by atomic mass is 79.9. The van der Waals surface area contributed by atoms with Crippen LogP contribution in [0.4, 0.5) is 0 Å². The summed E-state index contributed by atoms with van der Waals surface area (Å²) in [7, 11) is 1.94. The second-order valence-corrected chi connectivity index (χ2v) is 5.47. The zero-order chi connectivity index (χ0) is 12.9. The van der Waals surface area contributed by atoms with Crippen molar-refractivity contribution in [3.8, 4) is 0 Å². The molecular weight excluding hydrogens is 314 g/mol. The van der Waals surface area contributed by atoms with E-state index in [0.29, 0.717) is 15.8 Å². The van der Waals surface area contributed by atoms with Crippen molar-refractivity contribution in [2.24, 2.45) is 7.05 Å². The molecule has 0 unspecified atom stereocenters. The minimum absolute atomic E-state index is 0.0299. The highest BCUT2D eigenvalue weighted by Gasteiger charge is 2.10. The largest absolute Gasteiger partial charge is 0.343 e. The van der Waals surface area contributed by atoms with Crippen molar-refractivity contribution in [3.05, 3.63) is 56.1 Å². The Kier molecular flexibility index (Phi) is 2.68. The molecule has 0 aliphatic rings. The summed E-state index contributed by atoms with van der Waals surface area (Å²) in [5.41, 5.74) is 1.77. The van der Waals surface area contributed by atoms with Crippen LogP contribution in [0.5, 0.6) is 0 Å². The van der Waals surface area contributed by atoms with Gasteiger partial charge in [-0.1, -0.05) is 17.7 Å². The molecule has 2 nitrogen and oxygen atoms in total. The highest BCUT2D eigenvalue weighted by molar-refractivity contribution is 9.10. The van der Waals surface area contributed by atoms with Gasteiger partial charge in [-0.25, -0.2) is 0 Å². The van der Waals surface area contributed by atoms with Gasteiger partial charge in [-0.2, -0.15) is 0 Å². The van der Waals surface area contributed by atoms with Crippen LogP contribution in [0.15, 0.2) is 45.7 Å². The third kappa shape index (κ3) is 1.58. The molecule has 0 amide bonds. The number of pyridine rings is 1. The number of nitrogens with zero attached hydrogens (tertiary/aromatic N) is 1. The van der Waals surface area contributed by atoms with Crippen molar-refractivity contribution in [2.75, 3.05) is 0 Å². The molecule has 1 heterocycles. The van der Waals surface area contributed by atoms with E-state index in [1.54, 1.807) is 12.1 Å². The van der Waals surface area contributed by atoms with E-state index in [-0.39, 0.29) is 5.43 Å². The summed E-state index contributed by atoms with van der Waals surface area (Å²) in [6.07, 6.45) is 0. The molecule has 0 atom stereocenters. The van der Waals surface area contributed by atoms with E-state index in [2.05, 4.69) is 15.9 Å². The van der Waals surface area contributed by atoms with Crippen LogP contribution in [0.1, 0.15) is 0 Å². The number of rotatable bonds is 0. The van der Waals surface area contributed by atoms with E-state index in [0.717, 1.165) is 15.5 Å². The first-order chi connectivity index (χ1) is 8.59. The third-order valence-corrected chi connectivity index (χ3v) is 4.04. The fourth-order valence-electron chi connectivity index (χ4n) is 2.26. The number of aryl methyl sites for hydroxylation is 1. The first kappa shape index (κ1) is 11.8. The molecule has 0 radical (unpaired) electrons. The van der Waals surface area contributed by atoms with Crippen molar-refractivity contribution in [1.29, 1.82) is 0 Å². The third-order valence-electron chi connectivity index (χ3n) is 3.15. The van der Waals surface area contributed by atoms with Gasteiger partial charge in [0.15, 0.2) is 5.43 Å². The summed E-state index contributed by atoms with van der Waals surface area (Å²) in [6.45, 7) is 0. The van der Waals surface area contributed by atoms with E-state index in [1.165, 1.54) is 0 Å². The minimum atomic E-state index is 0.0299. The van der Waals surface area contributed by atoms with Crippen molar-refractivity contribution in [2.45, 2.75) is 0 Å². The molecule has 3 rings (SSSR count). The van der Waals surface area contributed by atoms with Gasteiger partial charge in [0.2, 0.25) is 0 Å². The topological polar surface area (TPSA) is 22.0 Å². The zero-order valence-corrected chi connectivity index (χ0v) is 11.9. The number of fused-ring (bicyclic) bond motifs is 2. The number of aromatic nitrogens is 1. The molecule has 3 aromatic rings. The van der Waals surface area contributed by atoms with Crippen molar-refractivity contribution in [1.82, 2.24) is 4.57 Å². The van der Waals surface area contributed by atoms with E-state index >= 15 is 0 Å². The average molecular weight is 323 g/mol. The summed E-state index contributed by atoms with van der Waals surface area (Å²) < 4.78 is 2.81. The molecule has 0 fully saturated rings. The SMILES string of the molecule is Cn1c2cc(Cl)ccc2c(=O)c2c(Br)cccc21. The summed E-state index contributed by atoms with van der Waals surface area (Å²) in [5, 5.41) is 2.02. The lowest BCUT2D eigenvalue weighted by Crippen LogP contribution is -2.09. The molecular formula is C14H9BrClNO. The highest BCUT2D eigenvalue weighted by Crippen LogP contribution is 2.25. The van der Waals surface area contributed by atoms with E-state index < -0.39 is 0 Å². The molecule has 90 valence electrons. The minimum Gasteiger partial charge on any atom is -0.343 e. The van der Waals surface area contributed by atoms with Crippen molar-refractivity contribution in [3.63, 3.8) is 0 Å². The van der Waals surface area contributed by atoms with Crippen molar-refractivity contribution >= 4 is 49.3 Å². The molecule has 4 heteroatoms. The Balaban J connectivity index is 2.70. The normalized spacial score (nSPS) is 11.3. The van der Waals surface area contributed by atoms with Crippen LogP contribution < -0.4 is 5.43 Å². The smallest absolute Gasteiger partial charge is 0.198 e. The lowest BCUT2D eigenvalue weighted by Gasteiger charge is -2.11. The van der Waals surface area contributed by atoms with Crippen LogP contribution in [0.25, 0.3) is 21.8 Å². The number of hydrogen-bond acceptors (Lipinski definition) is 1. The van der Waals surface area contributed by atoms with Gasteiger partial charge in [0.05, 0.1) is 16.4 Å². The second kappa shape index (κ2) is 4.11. The van der Waals surface area contributed by atoms with Crippen molar-refractivity contribution < 1.29 is 0 Å². The fraction of sp³-hybridized carbons (Fsp3) is 0.0714. The first-order valence-electron chi connectivity index (χ1n) is 5.46. The second-order valence-electron chi connectivity index (χ2n) is 4.18. The van der Waals surface area contributed by atoms with Gasteiger partial charge < -0.3 is 4.57 Å². The first-order valence-corrected chi connectivity index (χ1v) is 6.63. The average Bonchev–Trinajstić information content (AvgIpc) is 2.35. The summed E-state index contributed by atoms with van der Waals surface area (Å²) in [6, 6.07) is 11.1. The molecule has 0 spiro atoms. The van der Waals surface area contributed by atoms with Crippen LogP contribution in [-0.2, 0) is 7.05 Å². The monoisotopic (exact) mass is 321 g/mol. The Morgan fingerprint density at radius 3 is 2.72 bits per heavy atom. The van der Waals surface area contributed by atoms with Gasteiger partial charge in [-0.05, 0) is 46.3 Å². The number of hydrogen-bond donors (Lipinski definition) is 0. The van der Waals surface area contributed by atoms with Crippen LogP contribution in [0.3, 0.4) is 0 Å². The Hall–Kier alpha value is -1.32. The van der Waals surface area contributed by atoms with Crippen LogP contribution in [0.2, 0.25) is 5.02 Å². The molecule has 0 N–H and O–H groups in total. The van der Waals surface area contributed by atoms with Crippen LogP contribution >= 0.6 is 27.5 Å². The van der Waals surface area contributed by atoms with Gasteiger partial charge in [-0.3, -0.25) is 4.79 Å². The molecule has 1 aromatic heterocycles. The van der Waals surface area contributed by atoms with Crippen LogP contribution in [-0.4, -0.2) is 4.57 Å². The van der Waals surface area contributed by atoms with Crippen LogP contribution in [0, 0.1) is 0 Å². The molecule has 0 bridgehead atoms.